The van der Waals surface area contributed by atoms with Crippen molar-refractivity contribution in [2.75, 3.05) is 6.61 Å². The summed E-state index contributed by atoms with van der Waals surface area (Å²) in [6.45, 7) is 9.03. The fourth-order valence-electron chi connectivity index (χ4n) is 1.16. The highest BCUT2D eigenvalue weighted by Crippen LogP contribution is 2.26. The van der Waals surface area contributed by atoms with Gasteiger partial charge in [-0.3, -0.25) is 4.79 Å². The molecule has 0 aliphatic heterocycles. The molecule has 0 rings (SSSR count). The predicted octanol–water partition coefficient (Wildman–Crippen LogP) is 1.51. The third-order valence-corrected chi connectivity index (χ3v) is 1.91. The van der Waals surface area contributed by atoms with E-state index >= 15 is 0 Å². The summed E-state index contributed by atoms with van der Waals surface area (Å²) in [5, 5.41) is 9.18. The average Bonchev–Trinajstić information content (AvgIpc) is 2.03. The molecule has 3 heteroatoms. The van der Waals surface area contributed by atoms with Gasteiger partial charge in [-0.2, -0.15) is 0 Å². The highest BCUT2D eigenvalue weighted by molar-refractivity contribution is 5.78. The van der Waals surface area contributed by atoms with Crippen molar-refractivity contribution in [1.82, 2.24) is 0 Å². The molecule has 13 heavy (non-hydrogen) atoms. The number of aliphatic hydroxyl groups is 1. The molecule has 2 unspecified atom stereocenters. The van der Waals surface area contributed by atoms with Crippen LogP contribution in [0, 0.1) is 5.41 Å². The second-order valence-corrected chi connectivity index (χ2v) is 3.40. The Labute approximate surface area is 79.4 Å². The molecule has 0 aromatic heterocycles. The summed E-state index contributed by atoms with van der Waals surface area (Å²) in [7, 11) is 0. The van der Waals surface area contributed by atoms with Crippen LogP contribution in [0.5, 0.6) is 0 Å². The second kappa shape index (κ2) is 5.02. The van der Waals surface area contributed by atoms with Crippen LogP contribution in [-0.2, 0) is 9.53 Å². The summed E-state index contributed by atoms with van der Waals surface area (Å²) < 4.78 is 4.88. The van der Waals surface area contributed by atoms with Crippen LogP contribution in [0.2, 0.25) is 0 Å². The van der Waals surface area contributed by atoms with Gasteiger partial charge in [0.1, 0.15) is 0 Å². The maximum atomic E-state index is 11.4. The zero-order valence-electron chi connectivity index (χ0n) is 8.54. The van der Waals surface area contributed by atoms with E-state index in [0.29, 0.717) is 13.0 Å². The highest BCUT2D eigenvalue weighted by Gasteiger charge is 2.32. The van der Waals surface area contributed by atoms with Crippen molar-refractivity contribution < 1.29 is 14.6 Å². The molecule has 0 fully saturated rings. The first kappa shape index (κ1) is 12.2. The van der Waals surface area contributed by atoms with E-state index in [0.717, 1.165) is 0 Å². The third-order valence-electron chi connectivity index (χ3n) is 1.91. The number of ether oxygens (including phenoxy) is 1. The monoisotopic (exact) mass is 186 g/mol. The van der Waals surface area contributed by atoms with Gasteiger partial charge < -0.3 is 9.84 Å². The van der Waals surface area contributed by atoms with Crippen LogP contribution in [0.4, 0.5) is 0 Å². The quantitative estimate of drug-likeness (QED) is 0.523. The fourth-order valence-corrected chi connectivity index (χ4v) is 1.16. The number of rotatable bonds is 5. The number of aliphatic hydroxyl groups excluding tert-OH is 1. The van der Waals surface area contributed by atoms with E-state index in [4.69, 9.17) is 4.74 Å². The number of hydrogen-bond acceptors (Lipinski definition) is 3. The van der Waals surface area contributed by atoms with Crippen molar-refractivity contribution in [3.05, 3.63) is 12.7 Å². The van der Waals surface area contributed by atoms with Crippen molar-refractivity contribution in [3.8, 4) is 0 Å². The van der Waals surface area contributed by atoms with Gasteiger partial charge >= 0.3 is 5.97 Å². The van der Waals surface area contributed by atoms with Crippen LogP contribution < -0.4 is 0 Å². The van der Waals surface area contributed by atoms with E-state index in [1.165, 1.54) is 6.08 Å². The van der Waals surface area contributed by atoms with Crippen LogP contribution in [0.3, 0.4) is 0 Å². The maximum absolute atomic E-state index is 11.4. The molecule has 2 atom stereocenters. The number of carbonyl (C=O) groups is 1. The zero-order chi connectivity index (χ0) is 10.5. The summed E-state index contributed by atoms with van der Waals surface area (Å²) in [6.07, 6.45) is 1.33. The van der Waals surface area contributed by atoms with Gasteiger partial charge in [0, 0.05) is 0 Å². The van der Waals surface area contributed by atoms with Crippen LogP contribution in [0.1, 0.15) is 27.2 Å². The Morgan fingerprint density at radius 1 is 1.77 bits per heavy atom. The van der Waals surface area contributed by atoms with Crippen molar-refractivity contribution in [1.29, 1.82) is 0 Å². The van der Waals surface area contributed by atoms with Gasteiger partial charge in [-0.15, -0.1) is 6.58 Å². The van der Waals surface area contributed by atoms with Crippen LogP contribution in [0.25, 0.3) is 0 Å². The van der Waals surface area contributed by atoms with Gasteiger partial charge in [0.2, 0.25) is 0 Å². The first-order chi connectivity index (χ1) is 5.96. The van der Waals surface area contributed by atoms with Gasteiger partial charge in [0.15, 0.2) is 0 Å². The molecule has 0 aromatic carbocycles. The van der Waals surface area contributed by atoms with Crippen molar-refractivity contribution in [3.63, 3.8) is 0 Å². The van der Waals surface area contributed by atoms with E-state index < -0.39 is 11.5 Å². The molecule has 0 spiro atoms. The number of esters is 1. The van der Waals surface area contributed by atoms with E-state index in [9.17, 15) is 9.90 Å². The normalized spacial score (nSPS) is 17.2. The average molecular weight is 186 g/mol. The minimum atomic E-state index is -0.774. The van der Waals surface area contributed by atoms with Crippen molar-refractivity contribution in [2.45, 2.75) is 33.3 Å². The molecule has 1 N–H and O–H groups in total. The van der Waals surface area contributed by atoms with E-state index in [1.807, 2.05) is 0 Å². The van der Waals surface area contributed by atoms with E-state index in [2.05, 4.69) is 6.58 Å². The Kier molecular flexibility index (Phi) is 4.70. The number of carbonyl (C=O) groups excluding carboxylic acids is 1. The Hall–Kier alpha value is -0.830. The molecule has 0 heterocycles. The van der Waals surface area contributed by atoms with Crippen LogP contribution in [-0.4, -0.2) is 23.8 Å². The van der Waals surface area contributed by atoms with E-state index in [-0.39, 0.29) is 5.97 Å². The topological polar surface area (TPSA) is 46.5 Å². The minimum absolute atomic E-state index is 0.328. The summed E-state index contributed by atoms with van der Waals surface area (Å²) in [5.41, 5.74) is -0.774. The Bertz CT molecular complexity index is 187. The van der Waals surface area contributed by atoms with Gasteiger partial charge in [-0.25, -0.2) is 0 Å². The first-order valence-electron chi connectivity index (χ1n) is 4.45. The van der Waals surface area contributed by atoms with Gasteiger partial charge in [0.25, 0.3) is 0 Å². The smallest absolute Gasteiger partial charge is 0.315 e. The molecule has 0 saturated heterocycles. The molecule has 0 radical (unpaired) electrons. The van der Waals surface area contributed by atoms with Gasteiger partial charge in [-0.05, 0) is 27.2 Å². The molecule has 3 nitrogen and oxygen atoms in total. The SMILES string of the molecule is C=CC(C)(CC(C)O)C(=O)OCC. The Morgan fingerprint density at radius 2 is 2.31 bits per heavy atom. The van der Waals surface area contributed by atoms with Crippen molar-refractivity contribution in [2.24, 2.45) is 5.41 Å². The largest absolute Gasteiger partial charge is 0.465 e. The molecule has 0 aliphatic carbocycles. The molecule has 0 aromatic rings. The lowest BCUT2D eigenvalue weighted by Gasteiger charge is -2.24. The standard InChI is InChI=1S/C10H18O3/c1-5-10(4,7-8(3)11)9(12)13-6-2/h5,8,11H,1,6-7H2,2-4H3. The highest BCUT2D eigenvalue weighted by atomic mass is 16.5. The van der Waals surface area contributed by atoms with Crippen LogP contribution in [0.15, 0.2) is 12.7 Å². The predicted molar refractivity (Wildman–Crippen MR) is 51.2 cm³/mol. The molecular formula is C10H18O3. The van der Waals surface area contributed by atoms with Gasteiger partial charge in [0.05, 0.1) is 18.1 Å². The van der Waals surface area contributed by atoms with Crippen LogP contribution >= 0.6 is 0 Å². The lowest BCUT2D eigenvalue weighted by Crippen LogP contribution is -2.31. The third kappa shape index (κ3) is 3.59. The summed E-state index contributed by atoms with van der Waals surface area (Å²) in [6, 6.07) is 0. The first-order valence-corrected chi connectivity index (χ1v) is 4.45. The minimum Gasteiger partial charge on any atom is -0.465 e. The Morgan fingerprint density at radius 3 is 2.62 bits per heavy atom. The second-order valence-electron chi connectivity index (χ2n) is 3.40. The molecule has 0 amide bonds. The number of hydrogen-bond donors (Lipinski definition) is 1. The van der Waals surface area contributed by atoms with Gasteiger partial charge in [-0.1, -0.05) is 6.08 Å². The summed E-state index contributed by atoms with van der Waals surface area (Å²) in [5.74, 6) is -0.328. The van der Waals surface area contributed by atoms with E-state index in [1.54, 1.807) is 20.8 Å². The summed E-state index contributed by atoms with van der Waals surface area (Å²) >= 11 is 0. The maximum Gasteiger partial charge on any atom is 0.315 e. The molecule has 0 saturated carbocycles. The molecule has 0 aliphatic rings. The lowest BCUT2D eigenvalue weighted by molar-refractivity contribution is -0.153. The zero-order valence-corrected chi connectivity index (χ0v) is 8.54. The molecule has 76 valence electrons. The fraction of sp³-hybridized carbons (Fsp3) is 0.700. The molecular weight excluding hydrogens is 168 g/mol. The lowest BCUT2D eigenvalue weighted by atomic mass is 9.85. The summed E-state index contributed by atoms with van der Waals surface area (Å²) in [4.78, 5) is 11.4. The Balaban J connectivity index is 4.42. The van der Waals surface area contributed by atoms with Crippen molar-refractivity contribution >= 4 is 5.97 Å². The molecule has 0 bridgehead atoms.